The van der Waals surface area contributed by atoms with Crippen molar-refractivity contribution in [3.05, 3.63) is 39.4 Å². The highest BCUT2D eigenvalue weighted by Crippen LogP contribution is 2.27. The van der Waals surface area contributed by atoms with Crippen LogP contribution in [0, 0.1) is 13.8 Å². The van der Waals surface area contributed by atoms with Gasteiger partial charge in [-0.1, -0.05) is 6.92 Å². The largest absolute Gasteiger partial charge is 0.370 e. The quantitative estimate of drug-likeness (QED) is 0.779. The van der Waals surface area contributed by atoms with E-state index in [9.17, 15) is 9.59 Å². The molecule has 0 saturated heterocycles. The van der Waals surface area contributed by atoms with E-state index in [1.54, 1.807) is 0 Å². The summed E-state index contributed by atoms with van der Waals surface area (Å²) in [7, 11) is 0. The number of amides is 2. The van der Waals surface area contributed by atoms with E-state index in [-0.39, 0.29) is 11.8 Å². The summed E-state index contributed by atoms with van der Waals surface area (Å²) in [5, 5.41) is 2.91. The van der Waals surface area contributed by atoms with E-state index in [4.69, 9.17) is 5.73 Å². The lowest BCUT2D eigenvalue weighted by molar-refractivity contribution is -0.118. The van der Waals surface area contributed by atoms with Crippen LogP contribution in [-0.4, -0.2) is 16.8 Å². The minimum Gasteiger partial charge on any atom is -0.370 e. The third-order valence-corrected chi connectivity index (χ3v) is 4.26. The number of allylic oxidation sites excluding steroid dienone is 1. The number of nitrogens with two attached hydrogens (primary N) is 1. The average Bonchev–Trinajstić information content (AvgIpc) is 2.86. The Hall–Kier alpha value is -2.30. The van der Waals surface area contributed by atoms with Crippen molar-refractivity contribution in [2.24, 2.45) is 5.73 Å². The Kier molecular flexibility index (Phi) is 4.54. The number of hydrogen-bond acceptors (Lipinski definition) is 2. The van der Waals surface area contributed by atoms with E-state index in [0.717, 1.165) is 45.8 Å². The predicted octanol–water partition coefficient (Wildman–Crippen LogP) is 2.25. The molecule has 22 heavy (non-hydrogen) atoms. The van der Waals surface area contributed by atoms with Crippen molar-refractivity contribution in [1.29, 1.82) is 0 Å². The van der Waals surface area contributed by atoms with Crippen LogP contribution in [0.5, 0.6) is 0 Å². The third-order valence-electron chi connectivity index (χ3n) is 4.26. The maximum Gasteiger partial charge on any atom is 0.251 e. The number of hydrogen-bond donors (Lipinski definition) is 3. The molecule has 0 aromatic carbocycles. The zero-order valence-electron chi connectivity index (χ0n) is 13.6. The molecule has 0 atom stereocenters. The topological polar surface area (TPSA) is 88.0 Å². The summed E-state index contributed by atoms with van der Waals surface area (Å²) >= 11 is 0. The van der Waals surface area contributed by atoms with Crippen molar-refractivity contribution in [2.45, 2.75) is 47.0 Å². The van der Waals surface area contributed by atoms with Gasteiger partial charge in [-0.25, -0.2) is 0 Å². The van der Waals surface area contributed by atoms with Crippen LogP contribution in [0.1, 0.15) is 49.2 Å². The van der Waals surface area contributed by atoms with Crippen molar-refractivity contribution in [2.75, 3.05) is 0 Å². The lowest BCUT2D eigenvalue weighted by Gasteiger charge is -2.04. The first kappa shape index (κ1) is 16.1. The van der Waals surface area contributed by atoms with E-state index in [1.165, 1.54) is 0 Å². The highest BCUT2D eigenvalue weighted by atomic mass is 16.2. The monoisotopic (exact) mass is 301 g/mol. The fraction of sp³-hybridized carbons (Fsp3) is 0.412. The lowest BCUT2D eigenvalue weighted by Crippen LogP contribution is -2.15. The van der Waals surface area contributed by atoms with Crippen molar-refractivity contribution >= 4 is 17.9 Å². The maximum absolute atomic E-state index is 11.8. The summed E-state index contributed by atoms with van der Waals surface area (Å²) in [6, 6.07) is 0. The van der Waals surface area contributed by atoms with Crippen molar-refractivity contribution in [1.82, 2.24) is 10.3 Å². The molecule has 1 aromatic rings. The summed E-state index contributed by atoms with van der Waals surface area (Å²) in [5.74, 6) is -0.326. The van der Waals surface area contributed by atoms with Gasteiger partial charge in [-0.2, -0.15) is 0 Å². The predicted molar refractivity (Wildman–Crippen MR) is 86.9 cm³/mol. The van der Waals surface area contributed by atoms with E-state index < -0.39 is 0 Å². The first-order chi connectivity index (χ1) is 10.3. The van der Waals surface area contributed by atoms with Crippen LogP contribution in [0.25, 0.3) is 6.08 Å². The Labute approximate surface area is 130 Å². The summed E-state index contributed by atoms with van der Waals surface area (Å²) in [6.07, 6.45) is 3.76. The second-order valence-corrected chi connectivity index (χ2v) is 5.70. The smallest absolute Gasteiger partial charge is 0.251 e. The minimum atomic E-state index is -0.296. The molecular formula is C17H23N3O2. The molecule has 118 valence electrons. The van der Waals surface area contributed by atoms with Gasteiger partial charge in [0.1, 0.15) is 0 Å². The highest BCUT2D eigenvalue weighted by molar-refractivity contribution is 6.00. The summed E-state index contributed by atoms with van der Waals surface area (Å²) in [5.41, 5.74) is 12.1. The van der Waals surface area contributed by atoms with Gasteiger partial charge in [-0.15, -0.1) is 0 Å². The van der Waals surface area contributed by atoms with Crippen LogP contribution in [0.2, 0.25) is 0 Å². The fourth-order valence-corrected chi connectivity index (χ4v) is 2.94. The Morgan fingerprint density at radius 3 is 2.55 bits per heavy atom. The van der Waals surface area contributed by atoms with Crippen LogP contribution < -0.4 is 11.1 Å². The number of primary amides is 1. The number of carbonyl (C=O) groups is 2. The molecule has 0 radical (unpaired) electrons. The van der Waals surface area contributed by atoms with E-state index in [0.29, 0.717) is 12.8 Å². The molecule has 0 bridgehead atoms. The second-order valence-electron chi connectivity index (χ2n) is 5.70. The highest BCUT2D eigenvalue weighted by Gasteiger charge is 2.23. The molecule has 0 saturated carbocycles. The van der Waals surface area contributed by atoms with Gasteiger partial charge in [-0.05, 0) is 56.4 Å². The van der Waals surface area contributed by atoms with Crippen molar-refractivity contribution in [3.63, 3.8) is 0 Å². The fourth-order valence-electron chi connectivity index (χ4n) is 2.94. The first-order valence-corrected chi connectivity index (χ1v) is 7.54. The molecule has 0 fully saturated rings. The number of rotatable bonds is 5. The number of aromatic nitrogens is 1. The zero-order valence-corrected chi connectivity index (χ0v) is 13.6. The van der Waals surface area contributed by atoms with E-state index in [1.807, 2.05) is 33.8 Å². The minimum absolute atomic E-state index is 0.0296. The van der Waals surface area contributed by atoms with Gasteiger partial charge in [0.25, 0.3) is 5.91 Å². The molecule has 0 spiro atoms. The first-order valence-electron chi connectivity index (χ1n) is 7.54. The number of nitrogens with one attached hydrogen (secondary N) is 2. The van der Waals surface area contributed by atoms with Crippen LogP contribution >= 0.6 is 0 Å². The summed E-state index contributed by atoms with van der Waals surface area (Å²) in [6.45, 7) is 7.89. The van der Waals surface area contributed by atoms with Gasteiger partial charge in [0.05, 0.1) is 0 Å². The van der Waals surface area contributed by atoms with Gasteiger partial charge < -0.3 is 16.0 Å². The standard InChI is InChI=1S/C17H23N3O2/c1-5-12-10(3)17(22)20-15(12)8-14-9(2)13(11(4)19-14)6-7-16(18)21/h8,19H,5-7H2,1-4H3,(H2,18,21)(H,20,22)/b15-8-. The molecule has 1 aliphatic heterocycles. The molecule has 0 aliphatic carbocycles. The Balaban J connectivity index is 2.35. The Morgan fingerprint density at radius 1 is 1.27 bits per heavy atom. The van der Waals surface area contributed by atoms with Gasteiger partial charge in [0.2, 0.25) is 5.91 Å². The van der Waals surface area contributed by atoms with Crippen molar-refractivity contribution < 1.29 is 9.59 Å². The molecular weight excluding hydrogens is 278 g/mol. The third kappa shape index (κ3) is 2.98. The number of carbonyl (C=O) groups excluding carboxylic acids is 2. The van der Waals surface area contributed by atoms with Gasteiger partial charge in [-0.3, -0.25) is 9.59 Å². The molecule has 0 unspecified atom stereocenters. The van der Waals surface area contributed by atoms with Crippen LogP contribution in [0.4, 0.5) is 0 Å². The Morgan fingerprint density at radius 2 is 1.95 bits per heavy atom. The van der Waals surface area contributed by atoms with E-state index >= 15 is 0 Å². The summed E-state index contributed by atoms with van der Waals surface area (Å²) < 4.78 is 0. The Bertz CT molecular complexity index is 693. The molecule has 1 aromatic heterocycles. The normalized spacial score (nSPS) is 16.5. The molecule has 1 aliphatic rings. The number of aromatic amines is 1. The zero-order chi connectivity index (χ0) is 16.4. The molecule has 2 amide bonds. The molecule has 2 heterocycles. The maximum atomic E-state index is 11.8. The lowest BCUT2D eigenvalue weighted by atomic mass is 10.0. The van der Waals surface area contributed by atoms with Gasteiger partial charge in [0.15, 0.2) is 0 Å². The van der Waals surface area contributed by atoms with Crippen LogP contribution in [0.3, 0.4) is 0 Å². The number of aryl methyl sites for hydroxylation is 1. The van der Waals surface area contributed by atoms with Crippen LogP contribution in [0.15, 0.2) is 16.8 Å². The van der Waals surface area contributed by atoms with Gasteiger partial charge >= 0.3 is 0 Å². The molecule has 5 heteroatoms. The average molecular weight is 301 g/mol. The molecule has 5 nitrogen and oxygen atoms in total. The summed E-state index contributed by atoms with van der Waals surface area (Å²) in [4.78, 5) is 26.1. The second kappa shape index (κ2) is 6.22. The van der Waals surface area contributed by atoms with Crippen LogP contribution in [-0.2, 0) is 16.0 Å². The van der Waals surface area contributed by atoms with E-state index in [2.05, 4.69) is 10.3 Å². The molecule has 2 rings (SSSR count). The SMILES string of the molecule is CCC1=C(C)C(=O)N/C1=C\c1[nH]c(C)c(CCC(N)=O)c1C. The molecule has 4 N–H and O–H groups in total. The number of H-pyrrole nitrogens is 1. The van der Waals surface area contributed by atoms with Gasteiger partial charge in [0, 0.05) is 29.1 Å². The van der Waals surface area contributed by atoms with Crippen molar-refractivity contribution in [3.8, 4) is 0 Å².